The number of aliphatic hydroxyl groups is 1. The second-order valence-electron chi connectivity index (χ2n) is 10.3. The van der Waals surface area contributed by atoms with Crippen LogP contribution in [0.3, 0.4) is 0 Å². The second kappa shape index (κ2) is 11.3. The third-order valence-corrected chi connectivity index (χ3v) is 7.68. The van der Waals surface area contributed by atoms with Crippen molar-refractivity contribution in [1.29, 1.82) is 0 Å². The van der Waals surface area contributed by atoms with Crippen molar-refractivity contribution in [3.05, 3.63) is 41.2 Å². The molecular formula is C27H34F4N2O3. The number of carbonyl (C=O) groups excluding carboxylic acids is 2. The Bertz CT molecular complexity index is 990. The van der Waals surface area contributed by atoms with E-state index in [0.717, 1.165) is 63.9 Å². The molecule has 2 unspecified atom stereocenters. The SMILES string of the molecule is O=C(CCCCCCCO)N[C@@H]1C2CCC(/C2=C/C2CC2)[C@@H]1C(=O)Nc1ccc(F)c(C(F)(F)F)c1. The Labute approximate surface area is 208 Å². The number of hydrogen-bond acceptors (Lipinski definition) is 3. The minimum absolute atomic E-state index is 0.0538. The van der Waals surface area contributed by atoms with Crippen LogP contribution in [0.15, 0.2) is 29.8 Å². The number of fused-ring (bicyclic) bond motifs is 2. The predicted molar refractivity (Wildman–Crippen MR) is 127 cm³/mol. The molecule has 0 heterocycles. The number of amides is 2. The van der Waals surface area contributed by atoms with Crippen LogP contribution in [-0.2, 0) is 15.8 Å². The number of halogens is 4. The molecule has 198 valence electrons. The van der Waals surface area contributed by atoms with Gasteiger partial charge in [0.2, 0.25) is 11.8 Å². The Balaban J connectivity index is 1.45. The van der Waals surface area contributed by atoms with Gasteiger partial charge >= 0.3 is 6.18 Å². The van der Waals surface area contributed by atoms with E-state index in [9.17, 15) is 27.2 Å². The maximum Gasteiger partial charge on any atom is 0.419 e. The molecule has 1 aromatic rings. The van der Waals surface area contributed by atoms with Crippen LogP contribution in [0.2, 0.25) is 0 Å². The van der Waals surface area contributed by atoms with Gasteiger partial charge in [0, 0.05) is 30.7 Å². The van der Waals surface area contributed by atoms with Gasteiger partial charge in [0.25, 0.3) is 0 Å². The molecule has 3 aliphatic rings. The fourth-order valence-corrected chi connectivity index (χ4v) is 5.79. The van der Waals surface area contributed by atoms with E-state index in [0.29, 0.717) is 24.5 Å². The quantitative estimate of drug-likeness (QED) is 0.206. The summed E-state index contributed by atoms with van der Waals surface area (Å²) in [6.07, 6.45) is 5.83. The maximum atomic E-state index is 13.7. The number of benzene rings is 1. The lowest BCUT2D eigenvalue weighted by Gasteiger charge is -2.30. The van der Waals surface area contributed by atoms with E-state index in [4.69, 9.17) is 5.11 Å². The maximum absolute atomic E-state index is 13.7. The van der Waals surface area contributed by atoms with Gasteiger partial charge in [-0.2, -0.15) is 13.2 Å². The third kappa shape index (κ3) is 6.28. The van der Waals surface area contributed by atoms with Crippen molar-refractivity contribution in [3.63, 3.8) is 0 Å². The van der Waals surface area contributed by atoms with Crippen molar-refractivity contribution in [2.45, 2.75) is 76.4 Å². The largest absolute Gasteiger partial charge is 0.419 e. The molecule has 0 radical (unpaired) electrons. The minimum Gasteiger partial charge on any atom is -0.396 e. The lowest BCUT2D eigenvalue weighted by molar-refractivity contribution is -0.140. The molecule has 4 rings (SSSR count). The summed E-state index contributed by atoms with van der Waals surface area (Å²) < 4.78 is 53.1. The van der Waals surface area contributed by atoms with E-state index >= 15 is 0 Å². The molecule has 2 bridgehead atoms. The van der Waals surface area contributed by atoms with Crippen LogP contribution in [-0.4, -0.2) is 29.6 Å². The Morgan fingerprint density at radius 3 is 2.39 bits per heavy atom. The van der Waals surface area contributed by atoms with Crippen LogP contribution in [0.5, 0.6) is 0 Å². The zero-order chi connectivity index (χ0) is 25.9. The molecule has 5 nitrogen and oxygen atoms in total. The van der Waals surface area contributed by atoms with Crippen LogP contribution in [0, 0.1) is 29.5 Å². The summed E-state index contributed by atoms with van der Waals surface area (Å²) in [7, 11) is 0. The molecule has 36 heavy (non-hydrogen) atoms. The number of carbonyl (C=O) groups is 2. The van der Waals surface area contributed by atoms with E-state index in [1.54, 1.807) is 0 Å². The Hall–Kier alpha value is -2.42. The zero-order valence-corrected chi connectivity index (χ0v) is 20.2. The van der Waals surface area contributed by atoms with E-state index in [-0.39, 0.29) is 30.0 Å². The molecule has 0 saturated heterocycles. The first-order chi connectivity index (χ1) is 17.2. The van der Waals surface area contributed by atoms with Crippen LogP contribution in [0.1, 0.15) is 69.8 Å². The molecular weight excluding hydrogens is 476 g/mol. The number of unbranched alkanes of at least 4 members (excludes halogenated alkanes) is 4. The highest BCUT2D eigenvalue weighted by molar-refractivity contribution is 5.95. The van der Waals surface area contributed by atoms with Gasteiger partial charge in [-0.3, -0.25) is 9.59 Å². The Morgan fingerprint density at radius 2 is 1.69 bits per heavy atom. The van der Waals surface area contributed by atoms with Crippen LogP contribution in [0.4, 0.5) is 23.2 Å². The van der Waals surface area contributed by atoms with Crippen LogP contribution < -0.4 is 10.6 Å². The molecule has 4 atom stereocenters. The van der Waals surface area contributed by atoms with Gasteiger partial charge in [0.1, 0.15) is 5.82 Å². The summed E-state index contributed by atoms with van der Waals surface area (Å²) in [5, 5.41) is 14.5. The van der Waals surface area contributed by atoms with Gasteiger partial charge < -0.3 is 15.7 Å². The van der Waals surface area contributed by atoms with Crippen LogP contribution >= 0.6 is 0 Å². The molecule has 3 saturated carbocycles. The Kier molecular flexibility index (Phi) is 8.37. The zero-order valence-electron chi connectivity index (χ0n) is 20.2. The fourth-order valence-electron chi connectivity index (χ4n) is 5.79. The summed E-state index contributed by atoms with van der Waals surface area (Å²) in [5.41, 5.74) is -0.342. The molecule has 2 amide bonds. The number of rotatable bonds is 11. The molecule has 0 spiro atoms. The smallest absolute Gasteiger partial charge is 0.396 e. The highest BCUT2D eigenvalue weighted by Gasteiger charge is 2.54. The topological polar surface area (TPSA) is 78.4 Å². The highest BCUT2D eigenvalue weighted by Crippen LogP contribution is 2.54. The minimum atomic E-state index is -4.87. The van der Waals surface area contributed by atoms with Crippen molar-refractivity contribution in [2.75, 3.05) is 11.9 Å². The first kappa shape index (κ1) is 26.6. The molecule has 3 aliphatic carbocycles. The number of nitrogens with one attached hydrogen (secondary N) is 2. The number of allylic oxidation sites excluding steroid dienone is 1. The number of hydrogen-bond donors (Lipinski definition) is 3. The summed E-state index contributed by atoms with van der Waals surface area (Å²) in [6.45, 7) is 0.167. The van der Waals surface area contributed by atoms with Gasteiger partial charge in [0.15, 0.2) is 0 Å². The van der Waals surface area contributed by atoms with E-state index in [1.165, 1.54) is 5.57 Å². The first-order valence-electron chi connectivity index (χ1n) is 13.0. The van der Waals surface area contributed by atoms with E-state index in [2.05, 4.69) is 16.7 Å². The summed E-state index contributed by atoms with van der Waals surface area (Å²) in [6, 6.07) is 2.04. The monoisotopic (exact) mass is 510 g/mol. The molecule has 9 heteroatoms. The van der Waals surface area contributed by atoms with Crippen molar-refractivity contribution in [2.24, 2.45) is 23.7 Å². The van der Waals surface area contributed by atoms with Gasteiger partial charge in [-0.25, -0.2) is 4.39 Å². The lowest BCUT2D eigenvalue weighted by atomic mass is 9.83. The average Bonchev–Trinajstić information content (AvgIpc) is 3.50. The molecule has 3 N–H and O–H groups in total. The molecule has 3 fully saturated rings. The van der Waals surface area contributed by atoms with Gasteiger partial charge in [-0.15, -0.1) is 0 Å². The third-order valence-electron chi connectivity index (χ3n) is 7.68. The summed E-state index contributed by atoms with van der Waals surface area (Å²) in [4.78, 5) is 26.1. The van der Waals surface area contributed by atoms with Gasteiger partial charge in [0.05, 0.1) is 11.5 Å². The number of anilines is 1. The van der Waals surface area contributed by atoms with Crippen molar-refractivity contribution in [3.8, 4) is 0 Å². The number of alkyl halides is 3. The van der Waals surface area contributed by atoms with Crippen molar-refractivity contribution in [1.82, 2.24) is 5.32 Å². The average molecular weight is 511 g/mol. The van der Waals surface area contributed by atoms with Gasteiger partial charge in [-0.05, 0) is 68.6 Å². The molecule has 0 aliphatic heterocycles. The van der Waals surface area contributed by atoms with Crippen molar-refractivity contribution >= 4 is 17.5 Å². The molecule has 0 aromatic heterocycles. The van der Waals surface area contributed by atoms with Crippen LogP contribution in [0.25, 0.3) is 0 Å². The van der Waals surface area contributed by atoms with E-state index < -0.39 is 35.4 Å². The lowest BCUT2D eigenvalue weighted by Crippen LogP contribution is -2.48. The Morgan fingerprint density at radius 1 is 1.00 bits per heavy atom. The van der Waals surface area contributed by atoms with E-state index in [1.807, 2.05) is 0 Å². The van der Waals surface area contributed by atoms with Crippen molar-refractivity contribution < 1.29 is 32.3 Å². The number of aliphatic hydroxyl groups excluding tert-OH is 1. The second-order valence-corrected chi connectivity index (χ2v) is 10.3. The van der Waals surface area contributed by atoms with Gasteiger partial charge in [-0.1, -0.05) is 30.9 Å². The fraction of sp³-hybridized carbons (Fsp3) is 0.630. The summed E-state index contributed by atoms with van der Waals surface area (Å²) in [5.74, 6) is -2.04. The predicted octanol–water partition coefficient (Wildman–Crippen LogP) is 5.59. The standard InChI is InChI=1S/C27H34F4N2O3/c28-22-12-9-17(15-21(22)27(29,30)31)32-26(36)24-18-10-11-19(20(18)14-16-7-8-16)25(24)33-23(35)6-4-2-1-3-5-13-34/h9,12,14-16,18-19,24-25,34H,1-8,10-11,13H2,(H,32,36)(H,33,35)/b20-14-/t18?,19?,24-,25+/m0/s1. The molecule has 1 aromatic carbocycles. The first-order valence-corrected chi connectivity index (χ1v) is 13.0. The normalized spacial score (nSPS) is 26.4. The summed E-state index contributed by atoms with van der Waals surface area (Å²) >= 11 is 0. The highest BCUT2D eigenvalue weighted by atomic mass is 19.4.